The summed E-state index contributed by atoms with van der Waals surface area (Å²) in [4.78, 5) is 1.39. The van der Waals surface area contributed by atoms with Gasteiger partial charge in [0.2, 0.25) is 0 Å². The Labute approximate surface area is 90.1 Å². The zero-order chi connectivity index (χ0) is 10.2. The highest BCUT2D eigenvalue weighted by Gasteiger charge is 2.48. The summed E-state index contributed by atoms with van der Waals surface area (Å²) in [6, 6.07) is 8.94. The van der Waals surface area contributed by atoms with E-state index < -0.39 is 0 Å². The average Bonchev–Trinajstić information content (AvgIpc) is 2.98. The molecule has 1 aromatic rings. The maximum Gasteiger partial charge on any atom is 0.0113 e. The average molecular weight is 207 g/mol. The van der Waals surface area contributed by atoms with Gasteiger partial charge >= 0.3 is 0 Å². The van der Waals surface area contributed by atoms with Gasteiger partial charge < -0.3 is 5.73 Å². The fourth-order valence-corrected chi connectivity index (χ4v) is 2.87. The van der Waals surface area contributed by atoms with Gasteiger partial charge in [-0.3, -0.25) is 0 Å². The molecule has 0 heterocycles. The number of hydrogen-bond donors (Lipinski definition) is 1. The summed E-state index contributed by atoms with van der Waals surface area (Å²) in [6.45, 7) is 2.13. The first-order valence-electron chi connectivity index (χ1n) is 5.10. The number of nitrogens with two attached hydrogens (primary N) is 1. The molecule has 0 saturated heterocycles. The molecule has 1 atom stereocenters. The Balaban J connectivity index is 2.41. The minimum atomic E-state index is 0.274. The third-order valence-electron chi connectivity index (χ3n) is 3.30. The van der Waals surface area contributed by atoms with Crippen LogP contribution in [0.15, 0.2) is 29.2 Å². The van der Waals surface area contributed by atoms with Gasteiger partial charge in [-0.15, -0.1) is 11.8 Å². The minimum Gasteiger partial charge on any atom is -0.327 e. The molecule has 1 fully saturated rings. The number of hydrogen-bond acceptors (Lipinski definition) is 2. The smallest absolute Gasteiger partial charge is 0.0113 e. The summed E-state index contributed by atoms with van der Waals surface area (Å²) in [5.74, 6) is 0. The predicted molar refractivity (Wildman–Crippen MR) is 62.8 cm³/mol. The van der Waals surface area contributed by atoms with Crippen molar-refractivity contribution in [1.82, 2.24) is 0 Å². The SMILES string of the molecule is CSc1ccccc1C1(C(C)N)CC1. The van der Waals surface area contributed by atoms with Crippen LogP contribution < -0.4 is 5.73 Å². The van der Waals surface area contributed by atoms with Crippen molar-refractivity contribution in [2.75, 3.05) is 6.26 Å². The van der Waals surface area contributed by atoms with Crippen LogP contribution in [0.2, 0.25) is 0 Å². The van der Waals surface area contributed by atoms with Crippen LogP contribution >= 0.6 is 11.8 Å². The molecule has 0 radical (unpaired) electrons. The van der Waals surface area contributed by atoms with E-state index in [1.165, 1.54) is 23.3 Å². The molecular weight excluding hydrogens is 190 g/mol. The van der Waals surface area contributed by atoms with E-state index >= 15 is 0 Å². The van der Waals surface area contributed by atoms with Gasteiger partial charge in [-0.1, -0.05) is 18.2 Å². The molecule has 1 nitrogen and oxygen atoms in total. The van der Waals surface area contributed by atoms with E-state index in [9.17, 15) is 0 Å². The molecule has 1 unspecified atom stereocenters. The maximum atomic E-state index is 6.08. The lowest BCUT2D eigenvalue weighted by atomic mass is 9.89. The van der Waals surface area contributed by atoms with E-state index in [4.69, 9.17) is 5.73 Å². The molecule has 14 heavy (non-hydrogen) atoms. The first kappa shape index (κ1) is 10.1. The lowest BCUT2D eigenvalue weighted by Crippen LogP contribution is -2.31. The van der Waals surface area contributed by atoms with Crippen LogP contribution in [0.5, 0.6) is 0 Å². The third-order valence-corrected chi connectivity index (χ3v) is 4.10. The number of thioether (sulfide) groups is 1. The van der Waals surface area contributed by atoms with Gasteiger partial charge in [0.05, 0.1) is 0 Å². The highest BCUT2D eigenvalue weighted by Crippen LogP contribution is 2.52. The molecule has 1 aliphatic rings. The number of rotatable bonds is 3. The maximum absolute atomic E-state index is 6.08. The van der Waals surface area contributed by atoms with Crippen LogP contribution in [0.3, 0.4) is 0 Å². The first-order chi connectivity index (χ1) is 6.70. The van der Waals surface area contributed by atoms with Crippen molar-refractivity contribution < 1.29 is 0 Å². The molecule has 2 N–H and O–H groups in total. The fraction of sp³-hybridized carbons (Fsp3) is 0.500. The van der Waals surface area contributed by atoms with E-state index in [1.807, 2.05) is 11.8 Å². The summed E-state index contributed by atoms with van der Waals surface area (Å²) in [5.41, 5.74) is 7.83. The number of benzene rings is 1. The molecule has 0 aromatic heterocycles. The van der Waals surface area contributed by atoms with Gasteiger partial charge in [-0.2, -0.15) is 0 Å². The lowest BCUT2D eigenvalue weighted by molar-refractivity contribution is 0.548. The highest BCUT2D eigenvalue weighted by molar-refractivity contribution is 7.98. The van der Waals surface area contributed by atoms with Crippen molar-refractivity contribution in [3.05, 3.63) is 29.8 Å². The van der Waals surface area contributed by atoms with E-state index in [-0.39, 0.29) is 6.04 Å². The fourth-order valence-electron chi connectivity index (χ4n) is 2.16. The van der Waals surface area contributed by atoms with E-state index in [0.29, 0.717) is 5.41 Å². The van der Waals surface area contributed by atoms with Crippen molar-refractivity contribution in [3.8, 4) is 0 Å². The Bertz CT molecular complexity index is 329. The van der Waals surface area contributed by atoms with Crippen molar-refractivity contribution in [2.45, 2.75) is 36.1 Å². The van der Waals surface area contributed by atoms with Gasteiger partial charge in [0, 0.05) is 16.4 Å². The molecule has 0 aliphatic heterocycles. The highest BCUT2D eigenvalue weighted by atomic mass is 32.2. The molecule has 1 aliphatic carbocycles. The van der Waals surface area contributed by atoms with Gasteiger partial charge in [0.25, 0.3) is 0 Å². The van der Waals surface area contributed by atoms with Crippen LogP contribution in [0.4, 0.5) is 0 Å². The van der Waals surface area contributed by atoms with Crippen molar-refractivity contribution >= 4 is 11.8 Å². The second kappa shape index (κ2) is 3.59. The Morgan fingerprint density at radius 3 is 2.50 bits per heavy atom. The molecule has 1 saturated carbocycles. The van der Waals surface area contributed by atoms with Gasteiger partial charge in [0.1, 0.15) is 0 Å². The molecule has 76 valence electrons. The summed E-state index contributed by atoms with van der Waals surface area (Å²) in [6.07, 6.45) is 4.64. The van der Waals surface area contributed by atoms with Crippen LogP contribution in [0.1, 0.15) is 25.3 Å². The molecule has 1 aromatic carbocycles. The predicted octanol–water partition coefficient (Wildman–Crippen LogP) is 2.79. The van der Waals surface area contributed by atoms with Crippen LogP contribution in [0.25, 0.3) is 0 Å². The normalized spacial score (nSPS) is 20.5. The molecule has 0 amide bonds. The Hall–Kier alpha value is -0.470. The second-order valence-corrected chi connectivity index (χ2v) is 4.99. The standard InChI is InChI=1S/C12H17NS/c1-9(13)12(7-8-12)10-5-3-4-6-11(10)14-2/h3-6,9H,7-8,13H2,1-2H3. The van der Waals surface area contributed by atoms with Gasteiger partial charge in [-0.05, 0) is 37.7 Å². The van der Waals surface area contributed by atoms with E-state index in [0.717, 1.165) is 0 Å². The molecule has 2 rings (SSSR count). The van der Waals surface area contributed by atoms with Gasteiger partial charge in [-0.25, -0.2) is 0 Å². The summed E-state index contributed by atoms with van der Waals surface area (Å²) < 4.78 is 0. The summed E-state index contributed by atoms with van der Waals surface area (Å²) in [5, 5.41) is 0. The Morgan fingerprint density at radius 2 is 2.00 bits per heavy atom. The zero-order valence-corrected chi connectivity index (χ0v) is 9.60. The van der Waals surface area contributed by atoms with Gasteiger partial charge in [0.15, 0.2) is 0 Å². The monoisotopic (exact) mass is 207 g/mol. The molecule has 2 heteroatoms. The van der Waals surface area contributed by atoms with Crippen LogP contribution in [-0.4, -0.2) is 12.3 Å². The molecular formula is C12H17NS. The largest absolute Gasteiger partial charge is 0.327 e. The van der Waals surface area contributed by atoms with Crippen LogP contribution in [-0.2, 0) is 5.41 Å². The minimum absolute atomic E-state index is 0.274. The van der Waals surface area contributed by atoms with Crippen LogP contribution in [0, 0.1) is 0 Å². The van der Waals surface area contributed by atoms with E-state index in [1.54, 1.807) is 0 Å². The molecule has 0 spiro atoms. The Kier molecular flexibility index (Phi) is 2.58. The van der Waals surface area contributed by atoms with Crippen molar-refractivity contribution in [2.24, 2.45) is 5.73 Å². The quantitative estimate of drug-likeness (QED) is 0.771. The molecule has 0 bridgehead atoms. The van der Waals surface area contributed by atoms with E-state index in [2.05, 4.69) is 37.4 Å². The summed E-state index contributed by atoms with van der Waals surface area (Å²) >= 11 is 1.82. The topological polar surface area (TPSA) is 26.0 Å². The van der Waals surface area contributed by atoms with Crippen molar-refractivity contribution in [1.29, 1.82) is 0 Å². The Morgan fingerprint density at radius 1 is 1.36 bits per heavy atom. The third kappa shape index (κ3) is 1.47. The first-order valence-corrected chi connectivity index (χ1v) is 6.32. The lowest BCUT2D eigenvalue weighted by Gasteiger charge is -2.22. The second-order valence-electron chi connectivity index (χ2n) is 4.15. The zero-order valence-electron chi connectivity index (χ0n) is 8.79. The summed E-state index contributed by atoms with van der Waals surface area (Å²) in [7, 11) is 0. The van der Waals surface area contributed by atoms with Crippen molar-refractivity contribution in [3.63, 3.8) is 0 Å².